The first kappa shape index (κ1) is 15.2. The fourth-order valence-electron chi connectivity index (χ4n) is 2.86. The van der Waals surface area contributed by atoms with E-state index in [0.29, 0.717) is 17.9 Å². The van der Waals surface area contributed by atoms with E-state index in [4.69, 9.17) is 0 Å². The number of carbonyl (C=O) groups is 1. The molecule has 0 bridgehead atoms. The van der Waals surface area contributed by atoms with Gasteiger partial charge in [0.25, 0.3) is 5.91 Å². The third kappa shape index (κ3) is 3.06. The van der Waals surface area contributed by atoms with Crippen molar-refractivity contribution in [1.82, 2.24) is 20.2 Å². The average molecular weight is 303 g/mol. The minimum atomic E-state index is -0.143. The summed E-state index contributed by atoms with van der Waals surface area (Å²) in [5, 5.41) is 2.97. The lowest BCUT2D eigenvalue weighted by Gasteiger charge is -2.23. The Balaban J connectivity index is 1.83. The highest BCUT2D eigenvalue weighted by Gasteiger charge is 2.29. The SMILES string of the molecule is Cc1nc(C(=O)NC2CC2)nc(N2CC[C@@H](N(C)C)C2)c1C. The third-order valence-corrected chi connectivity index (χ3v) is 4.67. The number of hydrogen-bond acceptors (Lipinski definition) is 5. The zero-order valence-electron chi connectivity index (χ0n) is 13.9. The Morgan fingerprint density at radius 1 is 1.23 bits per heavy atom. The van der Waals surface area contributed by atoms with Gasteiger partial charge in [-0.15, -0.1) is 0 Å². The van der Waals surface area contributed by atoms with Crippen LogP contribution in [0, 0.1) is 13.8 Å². The van der Waals surface area contributed by atoms with Crippen molar-refractivity contribution in [2.75, 3.05) is 32.1 Å². The Hall–Kier alpha value is -1.69. The largest absolute Gasteiger partial charge is 0.355 e. The van der Waals surface area contributed by atoms with E-state index in [0.717, 1.165) is 49.4 Å². The van der Waals surface area contributed by atoms with Crippen LogP contribution in [0.25, 0.3) is 0 Å². The molecule has 1 aliphatic heterocycles. The van der Waals surface area contributed by atoms with Crippen LogP contribution in [0.15, 0.2) is 0 Å². The number of carbonyl (C=O) groups excluding carboxylic acids is 1. The molecule has 1 aromatic heterocycles. The van der Waals surface area contributed by atoms with Gasteiger partial charge in [0.15, 0.2) is 0 Å². The predicted octanol–water partition coefficient (Wildman–Crippen LogP) is 1.13. The second-order valence-electron chi connectivity index (χ2n) is 6.68. The lowest BCUT2D eigenvalue weighted by molar-refractivity contribution is 0.0940. The predicted molar refractivity (Wildman–Crippen MR) is 86.3 cm³/mol. The van der Waals surface area contributed by atoms with E-state index in [1.165, 1.54) is 0 Å². The standard InChI is InChI=1S/C16H25N5O/c1-10-11(2)17-14(16(22)18-12-5-6-12)19-15(10)21-8-7-13(9-21)20(3)4/h12-13H,5-9H2,1-4H3,(H,18,22)/t13-/m1/s1. The lowest BCUT2D eigenvalue weighted by atomic mass is 10.2. The Bertz CT molecular complexity index is 582. The van der Waals surface area contributed by atoms with E-state index in [-0.39, 0.29) is 5.91 Å². The first-order valence-electron chi connectivity index (χ1n) is 8.03. The molecule has 1 saturated heterocycles. The Morgan fingerprint density at radius 3 is 2.55 bits per heavy atom. The summed E-state index contributed by atoms with van der Waals surface area (Å²) in [7, 11) is 4.22. The monoisotopic (exact) mass is 303 g/mol. The Morgan fingerprint density at radius 2 is 1.95 bits per heavy atom. The van der Waals surface area contributed by atoms with Crippen LogP contribution in [-0.2, 0) is 0 Å². The number of aryl methyl sites for hydroxylation is 1. The average Bonchev–Trinajstić information content (AvgIpc) is 3.14. The molecule has 0 spiro atoms. The van der Waals surface area contributed by atoms with Crippen molar-refractivity contribution in [3.63, 3.8) is 0 Å². The minimum Gasteiger partial charge on any atom is -0.355 e. The number of rotatable bonds is 4. The van der Waals surface area contributed by atoms with Crippen molar-refractivity contribution in [2.24, 2.45) is 0 Å². The zero-order chi connectivity index (χ0) is 15.9. The van der Waals surface area contributed by atoms with E-state index in [1.54, 1.807) is 0 Å². The summed E-state index contributed by atoms with van der Waals surface area (Å²) in [6.45, 7) is 5.92. The first-order valence-corrected chi connectivity index (χ1v) is 8.03. The molecule has 6 heteroatoms. The summed E-state index contributed by atoms with van der Waals surface area (Å²) in [5.74, 6) is 1.08. The Labute approximate surface area is 131 Å². The zero-order valence-corrected chi connectivity index (χ0v) is 13.9. The maximum atomic E-state index is 12.2. The van der Waals surface area contributed by atoms with Gasteiger partial charge in [0.05, 0.1) is 0 Å². The molecule has 1 N–H and O–H groups in total. The molecule has 120 valence electrons. The molecule has 22 heavy (non-hydrogen) atoms. The number of likely N-dealkylation sites (N-methyl/N-ethyl adjacent to an activating group) is 1. The summed E-state index contributed by atoms with van der Waals surface area (Å²) in [6.07, 6.45) is 3.26. The molecule has 1 amide bonds. The van der Waals surface area contributed by atoms with Gasteiger partial charge in [0.2, 0.25) is 5.82 Å². The number of anilines is 1. The van der Waals surface area contributed by atoms with Gasteiger partial charge in [-0.3, -0.25) is 4.79 Å². The molecule has 1 atom stereocenters. The van der Waals surface area contributed by atoms with Crippen LogP contribution in [0.1, 0.15) is 41.1 Å². The molecule has 2 fully saturated rings. The molecule has 0 radical (unpaired) electrons. The second-order valence-corrected chi connectivity index (χ2v) is 6.68. The highest BCUT2D eigenvalue weighted by molar-refractivity contribution is 5.91. The van der Waals surface area contributed by atoms with Crippen LogP contribution < -0.4 is 10.2 Å². The molecule has 1 aromatic rings. The summed E-state index contributed by atoms with van der Waals surface area (Å²) < 4.78 is 0. The van der Waals surface area contributed by atoms with E-state index < -0.39 is 0 Å². The Kier molecular flexibility index (Phi) is 4.04. The third-order valence-electron chi connectivity index (χ3n) is 4.67. The summed E-state index contributed by atoms with van der Waals surface area (Å²) in [4.78, 5) is 25.7. The van der Waals surface area contributed by atoms with E-state index in [1.807, 2.05) is 13.8 Å². The van der Waals surface area contributed by atoms with Gasteiger partial charge in [-0.2, -0.15) is 0 Å². The summed E-state index contributed by atoms with van der Waals surface area (Å²) in [5.41, 5.74) is 1.96. The van der Waals surface area contributed by atoms with Crippen LogP contribution >= 0.6 is 0 Å². The molecular formula is C16H25N5O. The van der Waals surface area contributed by atoms with Crippen molar-refractivity contribution in [3.05, 3.63) is 17.1 Å². The fourth-order valence-corrected chi connectivity index (χ4v) is 2.86. The van der Waals surface area contributed by atoms with Crippen LogP contribution in [0.5, 0.6) is 0 Å². The van der Waals surface area contributed by atoms with Crippen LogP contribution in [-0.4, -0.2) is 60.0 Å². The number of amides is 1. The van der Waals surface area contributed by atoms with Crippen molar-refractivity contribution < 1.29 is 4.79 Å². The number of hydrogen-bond donors (Lipinski definition) is 1. The molecule has 1 saturated carbocycles. The first-order chi connectivity index (χ1) is 10.5. The van der Waals surface area contributed by atoms with Gasteiger partial charge >= 0.3 is 0 Å². The summed E-state index contributed by atoms with van der Waals surface area (Å²) >= 11 is 0. The maximum Gasteiger partial charge on any atom is 0.289 e. The minimum absolute atomic E-state index is 0.143. The maximum absolute atomic E-state index is 12.2. The van der Waals surface area contributed by atoms with Crippen LogP contribution in [0.3, 0.4) is 0 Å². The van der Waals surface area contributed by atoms with Crippen molar-refractivity contribution >= 4 is 11.7 Å². The molecule has 2 aliphatic rings. The number of nitrogens with one attached hydrogen (secondary N) is 1. The second kappa shape index (κ2) is 5.83. The van der Waals surface area contributed by atoms with Gasteiger partial charge in [-0.25, -0.2) is 9.97 Å². The normalized spacial score (nSPS) is 21.5. The number of aromatic nitrogens is 2. The molecule has 1 aliphatic carbocycles. The molecule has 0 aromatic carbocycles. The fraction of sp³-hybridized carbons (Fsp3) is 0.688. The molecular weight excluding hydrogens is 278 g/mol. The molecule has 2 heterocycles. The molecule has 0 unspecified atom stereocenters. The van der Waals surface area contributed by atoms with Gasteiger partial charge in [-0.1, -0.05) is 0 Å². The van der Waals surface area contributed by atoms with E-state index >= 15 is 0 Å². The quantitative estimate of drug-likeness (QED) is 0.903. The van der Waals surface area contributed by atoms with Crippen molar-refractivity contribution in [2.45, 2.75) is 45.2 Å². The molecule has 6 nitrogen and oxygen atoms in total. The van der Waals surface area contributed by atoms with Gasteiger partial charge in [-0.05, 0) is 47.2 Å². The van der Waals surface area contributed by atoms with Crippen molar-refractivity contribution in [3.8, 4) is 0 Å². The van der Waals surface area contributed by atoms with E-state index in [2.05, 4.69) is 39.2 Å². The highest BCUT2D eigenvalue weighted by atomic mass is 16.2. The summed E-state index contributed by atoms with van der Waals surface area (Å²) in [6, 6.07) is 0.865. The topological polar surface area (TPSA) is 61.4 Å². The van der Waals surface area contributed by atoms with Crippen molar-refractivity contribution in [1.29, 1.82) is 0 Å². The highest BCUT2D eigenvalue weighted by Crippen LogP contribution is 2.25. The van der Waals surface area contributed by atoms with Gasteiger partial charge < -0.3 is 15.1 Å². The van der Waals surface area contributed by atoms with E-state index in [9.17, 15) is 4.79 Å². The van der Waals surface area contributed by atoms with Gasteiger partial charge in [0, 0.05) is 36.4 Å². The smallest absolute Gasteiger partial charge is 0.289 e. The van der Waals surface area contributed by atoms with Gasteiger partial charge in [0.1, 0.15) is 5.82 Å². The van der Waals surface area contributed by atoms with Crippen LogP contribution in [0.4, 0.5) is 5.82 Å². The number of nitrogens with zero attached hydrogens (tertiary/aromatic N) is 4. The molecule has 3 rings (SSSR count). The van der Waals surface area contributed by atoms with Crippen LogP contribution in [0.2, 0.25) is 0 Å². The lowest BCUT2D eigenvalue weighted by Crippen LogP contribution is -2.33.